The maximum Gasteiger partial charge on any atom is 0.341 e. The molecule has 0 radical (unpaired) electrons. The van der Waals surface area contributed by atoms with Gasteiger partial charge < -0.3 is 9.15 Å². The molecule has 1 aromatic rings. The fourth-order valence-corrected chi connectivity index (χ4v) is 1.53. The molecule has 0 N–H and O–H groups in total. The number of rotatable bonds is 2. The highest BCUT2D eigenvalue weighted by atomic mass is 16.5. The molecule has 3 nitrogen and oxygen atoms in total. The van der Waals surface area contributed by atoms with Gasteiger partial charge in [0, 0.05) is 5.56 Å². The van der Waals surface area contributed by atoms with Crippen LogP contribution >= 0.6 is 0 Å². The number of carbonyl (C=O) groups excluding carboxylic acids is 1. The summed E-state index contributed by atoms with van der Waals surface area (Å²) in [5, 5.41) is 0. The van der Waals surface area contributed by atoms with Crippen molar-refractivity contribution in [2.75, 3.05) is 7.11 Å². The van der Waals surface area contributed by atoms with E-state index in [-0.39, 0.29) is 5.97 Å². The van der Waals surface area contributed by atoms with Crippen LogP contribution in [0.25, 0.3) is 0 Å². The van der Waals surface area contributed by atoms with E-state index in [0.717, 1.165) is 17.7 Å². The lowest BCUT2D eigenvalue weighted by molar-refractivity contribution is 0.0597. The topological polar surface area (TPSA) is 39.4 Å². The molecule has 0 aliphatic rings. The van der Waals surface area contributed by atoms with E-state index in [1.807, 2.05) is 13.8 Å². The summed E-state index contributed by atoms with van der Waals surface area (Å²) in [6.07, 6.45) is 0.785. The van der Waals surface area contributed by atoms with Gasteiger partial charge in [-0.3, -0.25) is 0 Å². The number of esters is 1. The second kappa shape index (κ2) is 3.64. The van der Waals surface area contributed by atoms with Crippen LogP contribution in [0.1, 0.15) is 34.4 Å². The summed E-state index contributed by atoms with van der Waals surface area (Å²) in [6, 6.07) is 0. The molecule has 0 unspecified atom stereocenters. The van der Waals surface area contributed by atoms with Crippen LogP contribution in [0.15, 0.2) is 4.42 Å². The number of furan rings is 1. The van der Waals surface area contributed by atoms with Gasteiger partial charge in [0.15, 0.2) is 0 Å². The zero-order valence-electron chi connectivity index (χ0n) is 8.43. The summed E-state index contributed by atoms with van der Waals surface area (Å²) in [4.78, 5) is 11.3. The lowest BCUT2D eigenvalue weighted by Crippen LogP contribution is -2.04. The first-order chi connectivity index (χ1) is 6.11. The van der Waals surface area contributed by atoms with Crippen LogP contribution in [-0.2, 0) is 11.2 Å². The van der Waals surface area contributed by atoms with Crippen molar-refractivity contribution in [1.29, 1.82) is 0 Å². The van der Waals surface area contributed by atoms with Crippen LogP contribution in [0.5, 0.6) is 0 Å². The molecule has 13 heavy (non-hydrogen) atoms. The number of ether oxygens (including phenoxy) is 1. The molecule has 0 aromatic carbocycles. The maximum absolute atomic E-state index is 11.3. The number of carbonyl (C=O) groups is 1. The molecule has 0 saturated carbocycles. The number of hydrogen-bond donors (Lipinski definition) is 0. The van der Waals surface area contributed by atoms with Gasteiger partial charge in [-0.1, -0.05) is 6.92 Å². The normalized spacial score (nSPS) is 10.2. The lowest BCUT2D eigenvalue weighted by Gasteiger charge is -1.99. The molecule has 0 fully saturated rings. The van der Waals surface area contributed by atoms with Gasteiger partial charge in [0.1, 0.15) is 17.1 Å². The fourth-order valence-electron chi connectivity index (χ4n) is 1.53. The first-order valence-corrected chi connectivity index (χ1v) is 4.29. The molecule has 0 spiro atoms. The maximum atomic E-state index is 11.3. The Labute approximate surface area is 77.7 Å². The number of aryl methyl sites for hydroxylation is 2. The predicted octanol–water partition coefficient (Wildman–Crippen LogP) is 2.25. The van der Waals surface area contributed by atoms with Crippen molar-refractivity contribution >= 4 is 5.97 Å². The van der Waals surface area contributed by atoms with Gasteiger partial charge in [-0.25, -0.2) is 4.79 Å². The fraction of sp³-hybridized carbons (Fsp3) is 0.500. The van der Waals surface area contributed by atoms with Crippen molar-refractivity contribution < 1.29 is 13.9 Å². The van der Waals surface area contributed by atoms with Gasteiger partial charge in [-0.05, 0) is 20.3 Å². The zero-order valence-corrected chi connectivity index (χ0v) is 8.43. The quantitative estimate of drug-likeness (QED) is 0.658. The van der Waals surface area contributed by atoms with Gasteiger partial charge in [0.05, 0.1) is 7.11 Å². The van der Waals surface area contributed by atoms with Crippen molar-refractivity contribution in [2.24, 2.45) is 0 Å². The zero-order chi connectivity index (χ0) is 10.0. The van der Waals surface area contributed by atoms with E-state index < -0.39 is 0 Å². The Kier molecular flexibility index (Phi) is 2.76. The average molecular weight is 182 g/mol. The van der Waals surface area contributed by atoms with Crippen molar-refractivity contribution in [1.82, 2.24) is 0 Å². The molecule has 0 aliphatic heterocycles. The number of methoxy groups -OCH3 is 1. The first-order valence-electron chi connectivity index (χ1n) is 4.29. The van der Waals surface area contributed by atoms with Gasteiger partial charge >= 0.3 is 5.97 Å². The van der Waals surface area contributed by atoms with E-state index in [0.29, 0.717) is 11.3 Å². The highest BCUT2D eigenvalue weighted by Crippen LogP contribution is 2.22. The minimum absolute atomic E-state index is 0.314. The largest absolute Gasteiger partial charge is 0.465 e. The molecule has 0 atom stereocenters. The first kappa shape index (κ1) is 9.84. The minimum atomic E-state index is -0.314. The van der Waals surface area contributed by atoms with E-state index in [1.54, 1.807) is 6.92 Å². The second-order valence-corrected chi connectivity index (χ2v) is 2.91. The average Bonchev–Trinajstić information content (AvgIpc) is 2.39. The van der Waals surface area contributed by atoms with E-state index in [2.05, 4.69) is 4.74 Å². The van der Waals surface area contributed by atoms with E-state index >= 15 is 0 Å². The number of hydrogen-bond acceptors (Lipinski definition) is 3. The highest BCUT2D eigenvalue weighted by Gasteiger charge is 2.20. The van der Waals surface area contributed by atoms with Crippen LogP contribution in [0, 0.1) is 13.8 Å². The van der Waals surface area contributed by atoms with Gasteiger partial charge in [0.2, 0.25) is 0 Å². The molecule has 1 heterocycles. The predicted molar refractivity (Wildman–Crippen MR) is 48.9 cm³/mol. The minimum Gasteiger partial charge on any atom is -0.465 e. The molecule has 72 valence electrons. The Morgan fingerprint density at radius 3 is 2.46 bits per heavy atom. The molecular weight excluding hydrogens is 168 g/mol. The van der Waals surface area contributed by atoms with Crippen LogP contribution in [0.2, 0.25) is 0 Å². The third kappa shape index (κ3) is 1.59. The van der Waals surface area contributed by atoms with Gasteiger partial charge in [0.25, 0.3) is 0 Å². The SMILES string of the molecule is CCc1c(C)oc(C)c1C(=O)OC. The van der Waals surface area contributed by atoms with E-state index in [9.17, 15) is 4.79 Å². The smallest absolute Gasteiger partial charge is 0.341 e. The highest BCUT2D eigenvalue weighted by molar-refractivity contribution is 5.92. The summed E-state index contributed by atoms with van der Waals surface area (Å²) >= 11 is 0. The molecule has 1 rings (SSSR count). The lowest BCUT2D eigenvalue weighted by atomic mass is 10.1. The Hall–Kier alpha value is -1.25. The summed E-state index contributed by atoms with van der Waals surface area (Å²) in [7, 11) is 1.38. The summed E-state index contributed by atoms with van der Waals surface area (Å²) < 4.78 is 10.0. The second-order valence-electron chi connectivity index (χ2n) is 2.91. The Morgan fingerprint density at radius 2 is 2.00 bits per heavy atom. The molecule has 3 heteroatoms. The Balaban J connectivity index is 3.24. The van der Waals surface area contributed by atoms with Crippen LogP contribution < -0.4 is 0 Å². The molecule has 0 aliphatic carbocycles. The van der Waals surface area contributed by atoms with Crippen LogP contribution in [-0.4, -0.2) is 13.1 Å². The molecule has 0 amide bonds. The van der Waals surface area contributed by atoms with Crippen molar-refractivity contribution in [2.45, 2.75) is 27.2 Å². The third-order valence-electron chi connectivity index (χ3n) is 2.13. The summed E-state index contributed by atoms with van der Waals surface area (Å²) in [5.41, 5.74) is 1.53. The van der Waals surface area contributed by atoms with Crippen molar-refractivity contribution in [3.05, 3.63) is 22.6 Å². The molecule has 1 aromatic heterocycles. The van der Waals surface area contributed by atoms with Crippen molar-refractivity contribution in [3.8, 4) is 0 Å². The third-order valence-corrected chi connectivity index (χ3v) is 2.13. The van der Waals surface area contributed by atoms with Gasteiger partial charge in [-0.2, -0.15) is 0 Å². The standard InChI is InChI=1S/C10H14O3/c1-5-8-6(2)13-7(3)9(8)10(11)12-4/h5H2,1-4H3. The Bertz CT molecular complexity index is 323. The van der Waals surface area contributed by atoms with Crippen LogP contribution in [0.4, 0.5) is 0 Å². The molecular formula is C10H14O3. The molecule has 0 bridgehead atoms. The Morgan fingerprint density at radius 1 is 1.38 bits per heavy atom. The van der Waals surface area contributed by atoms with E-state index in [1.165, 1.54) is 7.11 Å². The summed E-state index contributed by atoms with van der Waals surface area (Å²) in [6.45, 7) is 5.63. The molecule has 0 saturated heterocycles. The monoisotopic (exact) mass is 182 g/mol. The van der Waals surface area contributed by atoms with E-state index in [4.69, 9.17) is 4.42 Å². The van der Waals surface area contributed by atoms with Gasteiger partial charge in [-0.15, -0.1) is 0 Å². The summed E-state index contributed by atoms with van der Waals surface area (Å²) in [5.74, 6) is 1.13. The van der Waals surface area contributed by atoms with Crippen molar-refractivity contribution in [3.63, 3.8) is 0 Å². The van der Waals surface area contributed by atoms with Crippen LogP contribution in [0.3, 0.4) is 0 Å².